The first-order valence-electron chi connectivity index (χ1n) is 8.34. The molecule has 1 fully saturated rings. The minimum Gasteiger partial charge on any atom is -0.462 e. The van der Waals surface area contributed by atoms with Crippen LogP contribution in [-0.4, -0.2) is 37.0 Å². The maximum absolute atomic E-state index is 12.4. The van der Waals surface area contributed by atoms with Gasteiger partial charge in [-0.05, 0) is 32.4 Å². The standard InChI is InChI=1S/C18H24N2O4/c1-4-12(3)19-17(22)13-10-16(21)20(11-13)15-9-7-6-8-14(15)18(23)24-5-2/h6-9,12-13H,4-5,10-11H2,1-3H3,(H,19,22). The quantitative estimate of drug-likeness (QED) is 0.810. The van der Waals surface area contributed by atoms with Crippen molar-refractivity contribution in [2.24, 2.45) is 5.92 Å². The number of para-hydroxylation sites is 1. The van der Waals surface area contributed by atoms with Crippen LogP contribution in [0.4, 0.5) is 5.69 Å². The molecular formula is C18H24N2O4. The molecule has 1 aliphatic heterocycles. The molecule has 2 amide bonds. The van der Waals surface area contributed by atoms with Gasteiger partial charge in [0.25, 0.3) is 0 Å². The van der Waals surface area contributed by atoms with Gasteiger partial charge in [0.05, 0.1) is 23.8 Å². The fraction of sp³-hybridized carbons (Fsp3) is 0.500. The van der Waals surface area contributed by atoms with Crippen molar-refractivity contribution in [1.29, 1.82) is 0 Å². The predicted octanol–water partition coefficient (Wildman–Crippen LogP) is 2.13. The van der Waals surface area contributed by atoms with E-state index in [2.05, 4.69) is 5.32 Å². The smallest absolute Gasteiger partial charge is 0.340 e. The van der Waals surface area contributed by atoms with E-state index in [1.54, 1.807) is 31.2 Å². The second kappa shape index (κ2) is 7.95. The Morgan fingerprint density at radius 1 is 1.33 bits per heavy atom. The molecule has 0 aromatic heterocycles. The average molecular weight is 332 g/mol. The van der Waals surface area contributed by atoms with E-state index in [0.29, 0.717) is 11.3 Å². The SMILES string of the molecule is CCOC(=O)c1ccccc1N1CC(C(=O)NC(C)CC)CC1=O. The lowest BCUT2D eigenvalue weighted by atomic mass is 10.1. The summed E-state index contributed by atoms with van der Waals surface area (Å²) >= 11 is 0. The van der Waals surface area contributed by atoms with Gasteiger partial charge in [0.15, 0.2) is 0 Å². The van der Waals surface area contributed by atoms with Crippen LogP contribution in [0.5, 0.6) is 0 Å². The molecule has 24 heavy (non-hydrogen) atoms. The van der Waals surface area contributed by atoms with Gasteiger partial charge in [-0.15, -0.1) is 0 Å². The molecule has 130 valence electrons. The van der Waals surface area contributed by atoms with Crippen LogP contribution in [0, 0.1) is 5.92 Å². The Labute approximate surface area is 142 Å². The number of ether oxygens (including phenoxy) is 1. The zero-order valence-corrected chi connectivity index (χ0v) is 14.4. The molecule has 1 N–H and O–H groups in total. The minimum absolute atomic E-state index is 0.0773. The number of carbonyl (C=O) groups is 3. The normalized spacial score (nSPS) is 18.4. The Hall–Kier alpha value is -2.37. The molecule has 6 nitrogen and oxygen atoms in total. The number of anilines is 1. The Morgan fingerprint density at radius 2 is 2.04 bits per heavy atom. The summed E-state index contributed by atoms with van der Waals surface area (Å²) in [6.45, 7) is 6.20. The Morgan fingerprint density at radius 3 is 2.71 bits per heavy atom. The van der Waals surface area contributed by atoms with Crippen LogP contribution < -0.4 is 10.2 Å². The topological polar surface area (TPSA) is 75.7 Å². The summed E-state index contributed by atoms with van der Waals surface area (Å²) in [5, 5.41) is 2.91. The first-order valence-corrected chi connectivity index (χ1v) is 8.34. The second-order valence-electron chi connectivity index (χ2n) is 5.96. The van der Waals surface area contributed by atoms with Gasteiger partial charge in [-0.2, -0.15) is 0 Å². The van der Waals surface area contributed by atoms with E-state index in [-0.39, 0.29) is 37.4 Å². The van der Waals surface area contributed by atoms with Gasteiger partial charge in [0.1, 0.15) is 0 Å². The Kier molecular flexibility index (Phi) is 5.95. The highest BCUT2D eigenvalue weighted by atomic mass is 16.5. The lowest BCUT2D eigenvalue weighted by Gasteiger charge is -2.20. The van der Waals surface area contributed by atoms with E-state index in [1.165, 1.54) is 4.90 Å². The Balaban J connectivity index is 2.18. The summed E-state index contributed by atoms with van der Waals surface area (Å²) in [5.74, 6) is -1.14. The molecule has 1 saturated heterocycles. The third kappa shape index (κ3) is 3.93. The molecule has 2 atom stereocenters. The number of esters is 1. The molecule has 1 heterocycles. The van der Waals surface area contributed by atoms with Gasteiger partial charge in [-0.1, -0.05) is 19.1 Å². The van der Waals surface area contributed by atoms with Crippen molar-refractivity contribution in [3.8, 4) is 0 Å². The van der Waals surface area contributed by atoms with Crippen molar-refractivity contribution in [1.82, 2.24) is 5.32 Å². The van der Waals surface area contributed by atoms with Crippen LogP contribution in [0.15, 0.2) is 24.3 Å². The monoisotopic (exact) mass is 332 g/mol. The van der Waals surface area contributed by atoms with Crippen molar-refractivity contribution >= 4 is 23.5 Å². The maximum Gasteiger partial charge on any atom is 0.340 e. The van der Waals surface area contributed by atoms with E-state index in [9.17, 15) is 14.4 Å². The molecule has 0 aliphatic carbocycles. The van der Waals surface area contributed by atoms with Gasteiger partial charge in [-0.25, -0.2) is 4.79 Å². The van der Waals surface area contributed by atoms with E-state index >= 15 is 0 Å². The first kappa shape index (κ1) is 18.0. The minimum atomic E-state index is -0.464. The molecule has 1 aromatic carbocycles. The predicted molar refractivity (Wildman–Crippen MR) is 90.8 cm³/mol. The third-order valence-electron chi connectivity index (χ3n) is 4.19. The highest BCUT2D eigenvalue weighted by Crippen LogP contribution is 2.28. The number of nitrogens with one attached hydrogen (secondary N) is 1. The highest BCUT2D eigenvalue weighted by molar-refractivity contribution is 6.05. The van der Waals surface area contributed by atoms with Crippen LogP contribution in [0.2, 0.25) is 0 Å². The molecule has 1 aromatic rings. The van der Waals surface area contributed by atoms with E-state index in [4.69, 9.17) is 4.74 Å². The zero-order valence-electron chi connectivity index (χ0n) is 14.4. The van der Waals surface area contributed by atoms with Crippen LogP contribution in [0.25, 0.3) is 0 Å². The van der Waals surface area contributed by atoms with Crippen LogP contribution in [-0.2, 0) is 14.3 Å². The lowest BCUT2D eigenvalue weighted by Crippen LogP contribution is -2.38. The van der Waals surface area contributed by atoms with Crippen LogP contribution >= 0.6 is 0 Å². The van der Waals surface area contributed by atoms with Crippen molar-refractivity contribution in [3.63, 3.8) is 0 Å². The number of hydrogen-bond acceptors (Lipinski definition) is 4. The largest absolute Gasteiger partial charge is 0.462 e. The number of nitrogens with zero attached hydrogens (tertiary/aromatic N) is 1. The maximum atomic E-state index is 12.4. The number of hydrogen-bond donors (Lipinski definition) is 1. The zero-order chi connectivity index (χ0) is 17.7. The van der Waals surface area contributed by atoms with Gasteiger partial charge < -0.3 is 15.0 Å². The van der Waals surface area contributed by atoms with E-state index in [1.807, 2.05) is 13.8 Å². The Bertz CT molecular complexity index is 629. The van der Waals surface area contributed by atoms with Crippen LogP contribution in [0.1, 0.15) is 44.0 Å². The molecule has 6 heteroatoms. The van der Waals surface area contributed by atoms with Gasteiger partial charge in [-0.3, -0.25) is 9.59 Å². The lowest BCUT2D eigenvalue weighted by molar-refractivity contribution is -0.126. The summed E-state index contributed by atoms with van der Waals surface area (Å²) < 4.78 is 5.05. The summed E-state index contributed by atoms with van der Waals surface area (Å²) in [6, 6.07) is 6.90. The summed E-state index contributed by atoms with van der Waals surface area (Å²) in [7, 11) is 0. The third-order valence-corrected chi connectivity index (χ3v) is 4.19. The fourth-order valence-electron chi connectivity index (χ4n) is 2.67. The van der Waals surface area contributed by atoms with Crippen molar-refractivity contribution < 1.29 is 19.1 Å². The molecule has 1 aliphatic rings. The average Bonchev–Trinajstić information content (AvgIpc) is 2.96. The molecule has 0 spiro atoms. The van der Waals surface area contributed by atoms with E-state index < -0.39 is 11.9 Å². The summed E-state index contributed by atoms with van der Waals surface area (Å²) in [5.41, 5.74) is 0.843. The molecule has 0 saturated carbocycles. The van der Waals surface area contributed by atoms with E-state index in [0.717, 1.165) is 6.42 Å². The second-order valence-corrected chi connectivity index (χ2v) is 5.96. The van der Waals surface area contributed by atoms with Crippen molar-refractivity contribution in [2.45, 2.75) is 39.7 Å². The summed E-state index contributed by atoms with van der Waals surface area (Å²) in [4.78, 5) is 38.2. The molecular weight excluding hydrogens is 308 g/mol. The van der Waals surface area contributed by atoms with Crippen molar-refractivity contribution in [3.05, 3.63) is 29.8 Å². The highest BCUT2D eigenvalue weighted by Gasteiger charge is 2.36. The molecule has 2 unspecified atom stereocenters. The molecule has 2 rings (SSSR count). The van der Waals surface area contributed by atoms with Gasteiger partial charge in [0.2, 0.25) is 11.8 Å². The number of carbonyl (C=O) groups excluding carboxylic acids is 3. The number of rotatable bonds is 6. The summed E-state index contributed by atoms with van der Waals surface area (Å²) in [6.07, 6.45) is 0.987. The molecule has 0 bridgehead atoms. The number of amides is 2. The fourth-order valence-corrected chi connectivity index (χ4v) is 2.67. The van der Waals surface area contributed by atoms with Gasteiger partial charge in [0, 0.05) is 19.0 Å². The first-order chi connectivity index (χ1) is 11.5. The number of benzene rings is 1. The molecule has 0 radical (unpaired) electrons. The van der Waals surface area contributed by atoms with Crippen LogP contribution in [0.3, 0.4) is 0 Å². The van der Waals surface area contributed by atoms with Gasteiger partial charge >= 0.3 is 5.97 Å². The van der Waals surface area contributed by atoms with Crippen molar-refractivity contribution in [2.75, 3.05) is 18.1 Å².